The molecule has 16 heavy (non-hydrogen) atoms. The lowest BCUT2D eigenvalue weighted by Gasteiger charge is -2.18. The Bertz CT molecular complexity index is 397. The van der Waals surface area contributed by atoms with Crippen LogP contribution >= 0.6 is 11.6 Å². The SMILES string of the molecule is CCC(=O)c1ccc(N2CCCC2)cc1Cl. The minimum absolute atomic E-state index is 0.109. The van der Waals surface area contributed by atoms with E-state index in [0.29, 0.717) is 17.0 Å². The minimum atomic E-state index is 0.109. The van der Waals surface area contributed by atoms with Gasteiger partial charge in [0.1, 0.15) is 0 Å². The molecule has 0 atom stereocenters. The topological polar surface area (TPSA) is 20.3 Å². The molecule has 86 valence electrons. The van der Waals surface area contributed by atoms with Crippen molar-refractivity contribution < 1.29 is 4.79 Å². The molecule has 0 amide bonds. The number of Topliss-reactive ketones (excluding diaryl/α,β-unsaturated/α-hetero) is 1. The van der Waals surface area contributed by atoms with Gasteiger partial charge in [0, 0.05) is 30.8 Å². The van der Waals surface area contributed by atoms with Crippen LogP contribution in [0.4, 0.5) is 5.69 Å². The summed E-state index contributed by atoms with van der Waals surface area (Å²) in [5, 5.41) is 0.580. The van der Waals surface area contributed by atoms with Crippen molar-refractivity contribution in [3.05, 3.63) is 28.8 Å². The molecule has 1 saturated heterocycles. The average molecular weight is 238 g/mol. The van der Waals surface area contributed by atoms with Gasteiger partial charge in [0.25, 0.3) is 0 Å². The molecule has 1 aliphatic rings. The number of rotatable bonds is 3. The summed E-state index contributed by atoms with van der Waals surface area (Å²) >= 11 is 6.13. The van der Waals surface area contributed by atoms with Crippen molar-refractivity contribution in [1.82, 2.24) is 0 Å². The van der Waals surface area contributed by atoms with Gasteiger partial charge in [-0.05, 0) is 31.0 Å². The van der Waals surface area contributed by atoms with Crippen LogP contribution in [-0.2, 0) is 0 Å². The largest absolute Gasteiger partial charge is 0.371 e. The van der Waals surface area contributed by atoms with Crippen molar-refractivity contribution in [3.8, 4) is 0 Å². The van der Waals surface area contributed by atoms with E-state index in [4.69, 9.17) is 11.6 Å². The summed E-state index contributed by atoms with van der Waals surface area (Å²) in [6.07, 6.45) is 2.99. The van der Waals surface area contributed by atoms with E-state index in [2.05, 4.69) is 4.90 Å². The summed E-state index contributed by atoms with van der Waals surface area (Å²) in [5.41, 5.74) is 1.78. The first-order chi connectivity index (χ1) is 7.72. The molecule has 0 saturated carbocycles. The number of nitrogens with zero attached hydrogens (tertiary/aromatic N) is 1. The summed E-state index contributed by atoms with van der Waals surface area (Å²) < 4.78 is 0. The predicted molar refractivity (Wildman–Crippen MR) is 67.5 cm³/mol. The van der Waals surface area contributed by atoms with Gasteiger partial charge >= 0.3 is 0 Å². The third-order valence-electron chi connectivity index (χ3n) is 3.05. The molecule has 1 aromatic rings. The smallest absolute Gasteiger partial charge is 0.164 e. The maximum atomic E-state index is 11.6. The zero-order valence-corrected chi connectivity index (χ0v) is 10.3. The first-order valence-electron chi connectivity index (χ1n) is 5.80. The molecule has 1 aromatic carbocycles. The lowest BCUT2D eigenvalue weighted by atomic mass is 10.1. The van der Waals surface area contributed by atoms with Gasteiger partial charge in [-0.1, -0.05) is 18.5 Å². The van der Waals surface area contributed by atoms with Crippen LogP contribution in [-0.4, -0.2) is 18.9 Å². The number of carbonyl (C=O) groups is 1. The fourth-order valence-corrected chi connectivity index (χ4v) is 2.37. The maximum absolute atomic E-state index is 11.6. The van der Waals surface area contributed by atoms with Crippen molar-refractivity contribution in [1.29, 1.82) is 0 Å². The Labute approximate surface area is 101 Å². The van der Waals surface area contributed by atoms with Gasteiger partial charge in [-0.25, -0.2) is 0 Å². The van der Waals surface area contributed by atoms with E-state index in [0.717, 1.165) is 18.8 Å². The lowest BCUT2D eigenvalue weighted by molar-refractivity contribution is 0.0988. The quantitative estimate of drug-likeness (QED) is 0.750. The molecular weight excluding hydrogens is 222 g/mol. The first-order valence-corrected chi connectivity index (χ1v) is 6.18. The molecule has 1 aliphatic heterocycles. The van der Waals surface area contributed by atoms with Crippen molar-refractivity contribution in [2.24, 2.45) is 0 Å². The summed E-state index contributed by atoms with van der Waals surface area (Å²) in [6.45, 7) is 4.04. The van der Waals surface area contributed by atoms with Crippen molar-refractivity contribution in [3.63, 3.8) is 0 Å². The molecule has 2 rings (SSSR count). The van der Waals surface area contributed by atoms with Crippen LogP contribution in [0.2, 0.25) is 5.02 Å². The van der Waals surface area contributed by atoms with Crippen LogP contribution in [0, 0.1) is 0 Å². The summed E-state index contributed by atoms with van der Waals surface area (Å²) in [4.78, 5) is 13.9. The highest BCUT2D eigenvalue weighted by atomic mass is 35.5. The fraction of sp³-hybridized carbons (Fsp3) is 0.462. The van der Waals surface area contributed by atoms with E-state index in [1.165, 1.54) is 12.8 Å². The Morgan fingerprint density at radius 1 is 1.38 bits per heavy atom. The van der Waals surface area contributed by atoms with E-state index in [1.807, 2.05) is 25.1 Å². The second-order valence-electron chi connectivity index (χ2n) is 4.14. The van der Waals surface area contributed by atoms with Gasteiger partial charge in [-0.2, -0.15) is 0 Å². The van der Waals surface area contributed by atoms with Crippen molar-refractivity contribution in [2.45, 2.75) is 26.2 Å². The second-order valence-corrected chi connectivity index (χ2v) is 4.54. The van der Waals surface area contributed by atoms with Gasteiger partial charge in [0.2, 0.25) is 0 Å². The van der Waals surface area contributed by atoms with Crippen molar-refractivity contribution in [2.75, 3.05) is 18.0 Å². The van der Waals surface area contributed by atoms with E-state index < -0.39 is 0 Å². The van der Waals surface area contributed by atoms with Crippen LogP contribution in [0.15, 0.2) is 18.2 Å². The molecule has 0 aromatic heterocycles. The fourth-order valence-electron chi connectivity index (χ4n) is 2.09. The Balaban J connectivity index is 2.25. The average Bonchev–Trinajstić information content (AvgIpc) is 2.81. The Morgan fingerprint density at radius 2 is 2.06 bits per heavy atom. The van der Waals surface area contributed by atoms with Gasteiger partial charge in [-0.15, -0.1) is 0 Å². The van der Waals surface area contributed by atoms with Crippen LogP contribution in [0.5, 0.6) is 0 Å². The Kier molecular flexibility index (Phi) is 3.49. The first kappa shape index (κ1) is 11.5. The van der Waals surface area contributed by atoms with Gasteiger partial charge in [0.15, 0.2) is 5.78 Å². The van der Waals surface area contributed by atoms with Crippen molar-refractivity contribution >= 4 is 23.1 Å². The highest BCUT2D eigenvalue weighted by molar-refractivity contribution is 6.34. The van der Waals surface area contributed by atoms with Gasteiger partial charge in [-0.3, -0.25) is 4.79 Å². The van der Waals surface area contributed by atoms with Crippen LogP contribution in [0.25, 0.3) is 0 Å². The zero-order valence-electron chi connectivity index (χ0n) is 9.50. The minimum Gasteiger partial charge on any atom is -0.371 e. The standard InChI is InChI=1S/C13H16ClNO/c1-2-13(16)11-6-5-10(9-12(11)14)15-7-3-4-8-15/h5-6,9H,2-4,7-8H2,1H3. The molecule has 0 N–H and O–H groups in total. The number of anilines is 1. The van der Waals surface area contributed by atoms with E-state index in [-0.39, 0.29) is 5.78 Å². The number of halogens is 1. The number of carbonyl (C=O) groups excluding carboxylic acids is 1. The molecule has 2 nitrogen and oxygen atoms in total. The van der Waals surface area contributed by atoms with Crippen LogP contribution < -0.4 is 4.90 Å². The van der Waals surface area contributed by atoms with Gasteiger partial charge < -0.3 is 4.90 Å². The molecule has 0 radical (unpaired) electrons. The summed E-state index contributed by atoms with van der Waals surface area (Å²) in [7, 11) is 0. The van der Waals surface area contributed by atoms with Gasteiger partial charge in [0.05, 0.1) is 5.02 Å². The predicted octanol–water partition coefficient (Wildman–Crippen LogP) is 3.53. The van der Waals surface area contributed by atoms with E-state index in [1.54, 1.807) is 0 Å². The summed E-state index contributed by atoms with van der Waals surface area (Å²) in [6, 6.07) is 5.76. The molecule has 1 fully saturated rings. The molecule has 0 aliphatic carbocycles. The monoisotopic (exact) mass is 237 g/mol. The Hall–Kier alpha value is -1.02. The van der Waals surface area contributed by atoms with Crippen LogP contribution in [0.1, 0.15) is 36.5 Å². The third-order valence-corrected chi connectivity index (χ3v) is 3.36. The maximum Gasteiger partial charge on any atom is 0.164 e. The molecule has 0 spiro atoms. The number of hydrogen-bond donors (Lipinski definition) is 0. The number of hydrogen-bond acceptors (Lipinski definition) is 2. The lowest BCUT2D eigenvalue weighted by Crippen LogP contribution is -2.17. The molecule has 3 heteroatoms. The second kappa shape index (κ2) is 4.88. The third kappa shape index (κ3) is 2.22. The van der Waals surface area contributed by atoms with Crippen LogP contribution in [0.3, 0.4) is 0 Å². The highest BCUT2D eigenvalue weighted by Crippen LogP contribution is 2.26. The number of benzene rings is 1. The molecular formula is C13H16ClNO. The zero-order chi connectivity index (χ0) is 11.5. The molecule has 0 unspecified atom stereocenters. The Morgan fingerprint density at radius 3 is 2.62 bits per heavy atom. The number of ketones is 1. The molecule has 1 heterocycles. The van der Waals surface area contributed by atoms with E-state index in [9.17, 15) is 4.79 Å². The normalized spacial score (nSPS) is 15.5. The highest BCUT2D eigenvalue weighted by Gasteiger charge is 2.15. The summed E-state index contributed by atoms with van der Waals surface area (Å²) in [5.74, 6) is 0.109. The van der Waals surface area contributed by atoms with E-state index >= 15 is 0 Å². The molecule has 0 bridgehead atoms.